The summed E-state index contributed by atoms with van der Waals surface area (Å²) in [4.78, 5) is 17.5. The summed E-state index contributed by atoms with van der Waals surface area (Å²) in [6, 6.07) is 10.7. The van der Waals surface area contributed by atoms with Crippen molar-refractivity contribution in [3.05, 3.63) is 52.3 Å². The van der Waals surface area contributed by atoms with Crippen molar-refractivity contribution in [1.82, 2.24) is 10.3 Å². The van der Waals surface area contributed by atoms with E-state index in [2.05, 4.69) is 70.3 Å². The van der Waals surface area contributed by atoms with E-state index < -0.39 is 6.09 Å². The maximum absolute atomic E-state index is 12.5. The minimum absolute atomic E-state index is 0.112. The zero-order valence-corrected chi connectivity index (χ0v) is 21.5. The maximum atomic E-state index is 12.5. The molecule has 5 nitrogen and oxygen atoms in total. The largest absolute Gasteiger partial charge is 0.445 e. The first-order valence-electron chi connectivity index (χ1n) is 11.8. The van der Waals surface area contributed by atoms with Crippen LogP contribution in [-0.4, -0.2) is 16.6 Å². The first-order chi connectivity index (χ1) is 15.4. The Hall–Kier alpha value is -2.87. The molecule has 1 aromatic heterocycles. The molecule has 0 bridgehead atoms. The smallest absolute Gasteiger partial charge is 0.407 e. The van der Waals surface area contributed by atoms with Gasteiger partial charge in [0.2, 0.25) is 0 Å². The number of alkyl carbamates (subject to hydrolysis) is 1. The van der Waals surface area contributed by atoms with Crippen molar-refractivity contribution in [2.45, 2.75) is 86.8 Å². The zero-order valence-electron chi connectivity index (χ0n) is 21.5. The van der Waals surface area contributed by atoms with Gasteiger partial charge in [-0.2, -0.15) is 5.26 Å². The van der Waals surface area contributed by atoms with Gasteiger partial charge in [-0.25, -0.2) is 4.79 Å². The average molecular weight is 450 g/mol. The Balaban J connectivity index is 2.72. The van der Waals surface area contributed by atoms with Crippen LogP contribution in [-0.2, 0) is 30.6 Å². The van der Waals surface area contributed by atoms with Gasteiger partial charge >= 0.3 is 6.09 Å². The number of aromatic nitrogens is 1. The summed E-state index contributed by atoms with van der Waals surface area (Å²) in [6.45, 7) is 16.6. The van der Waals surface area contributed by atoms with Crippen molar-refractivity contribution < 1.29 is 9.53 Å². The molecule has 0 saturated carbocycles. The molecule has 1 N–H and O–H groups in total. The third kappa shape index (κ3) is 7.89. The van der Waals surface area contributed by atoms with E-state index in [0.29, 0.717) is 11.8 Å². The summed E-state index contributed by atoms with van der Waals surface area (Å²) in [5, 5.41) is 12.5. The second-order valence-electron chi connectivity index (χ2n) is 10.7. The van der Waals surface area contributed by atoms with Crippen LogP contribution in [0.2, 0.25) is 0 Å². The number of amides is 1. The molecule has 5 heteroatoms. The number of nitrogens with zero attached hydrogens (tertiary/aromatic N) is 2. The highest BCUT2D eigenvalue weighted by Crippen LogP contribution is 2.34. The number of benzene rings is 1. The van der Waals surface area contributed by atoms with Crippen LogP contribution in [0.1, 0.15) is 76.5 Å². The lowest BCUT2D eigenvalue weighted by Crippen LogP contribution is -2.40. The Morgan fingerprint density at radius 2 is 1.58 bits per heavy atom. The fourth-order valence-electron chi connectivity index (χ4n) is 3.85. The second kappa shape index (κ2) is 11.3. The van der Waals surface area contributed by atoms with Gasteiger partial charge in [0.1, 0.15) is 6.61 Å². The predicted molar refractivity (Wildman–Crippen MR) is 134 cm³/mol. The lowest BCUT2D eigenvalue weighted by molar-refractivity contribution is 0.131. The van der Waals surface area contributed by atoms with Crippen LogP contribution in [0.5, 0.6) is 0 Å². The summed E-state index contributed by atoms with van der Waals surface area (Å²) in [7, 11) is 0. The van der Waals surface area contributed by atoms with Crippen molar-refractivity contribution in [2.24, 2.45) is 11.8 Å². The van der Waals surface area contributed by atoms with Gasteiger partial charge in [0.15, 0.2) is 0 Å². The molecule has 1 aromatic carbocycles. The quantitative estimate of drug-likeness (QED) is 0.496. The molecule has 1 amide bonds. The van der Waals surface area contributed by atoms with E-state index >= 15 is 0 Å². The fraction of sp³-hybridized carbons (Fsp3) is 0.536. The number of aryl methyl sites for hydroxylation is 1. The molecule has 0 unspecified atom stereocenters. The topological polar surface area (TPSA) is 75.0 Å². The molecule has 0 aliphatic heterocycles. The molecule has 0 fully saturated rings. The van der Waals surface area contributed by atoms with Gasteiger partial charge in [-0.3, -0.25) is 4.98 Å². The number of rotatable bonds is 8. The van der Waals surface area contributed by atoms with Gasteiger partial charge in [0.05, 0.1) is 12.5 Å². The Morgan fingerprint density at radius 3 is 2.06 bits per heavy atom. The lowest BCUT2D eigenvalue weighted by Gasteiger charge is -2.24. The van der Waals surface area contributed by atoms with Gasteiger partial charge in [0, 0.05) is 22.5 Å². The van der Waals surface area contributed by atoms with E-state index in [0.717, 1.165) is 46.5 Å². The molecule has 0 saturated heterocycles. The number of carbonyl (C=O) groups is 1. The Bertz CT molecular complexity index is 994. The third-order valence-corrected chi connectivity index (χ3v) is 5.19. The monoisotopic (exact) mass is 449 g/mol. The number of nitrogens with one attached hydrogen (secondary N) is 1. The molecular formula is C28H39N3O2. The first-order valence-corrected chi connectivity index (χ1v) is 11.8. The fourth-order valence-corrected chi connectivity index (χ4v) is 3.85. The Labute approximate surface area is 199 Å². The molecular weight excluding hydrogens is 410 g/mol. The van der Waals surface area contributed by atoms with Crippen molar-refractivity contribution in [1.29, 1.82) is 5.26 Å². The van der Waals surface area contributed by atoms with Gasteiger partial charge in [0.25, 0.3) is 0 Å². The minimum atomic E-state index is -0.457. The number of carbonyl (C=O) groups excluding carboxylic acids is 1. The van der Waals surface area contributed by atoms with Crippen LogP contribution in [0.15, 0.2) is 24.3 Å². The van der Waals surface area contributed by atoms with E-state index in [4.69, 9.17) is 9.72 Å². The van der Waals surface area contributed by atoms with Crippen LogP contribution in [0, 0.1) is 30.1 Å². The zero-order chi connectivity index (χ0) is 24.8. The minimum Gasteiger partial charge on any atom is -0.445 e. The summed E-state index contributed by atoms with van der Waals surface area (Å²) in [5.41, 5.74) is 6.55. The molecule has 33 heavy (non-hydrogen) atoms. The van der Waals surface area contributed by atoms with Crippen LogP contribution < -0.4 is 5.32 Å². The lowest BCUT2D eigenvalue weighted by atomic mass is 9.87. The first kappa shape index (κ1) is 26.4. The Kier molecular flexibility index (Phi) is 9.05. The summed E-state index contributed by atoms with van der Waals surface area (Å²) in [6.07, 6.45) is 1.38. The van der Waals surface area contributed by atoms with E-state index in [-0.39, 0.29) is 18.6 Å². The van der Waals surface area contributed by atoms with Crippen molar-refractivity contribution in [3.8, 4) is 17.2 Å². The average Bonchev–Trinajstić information content (AvgIpc) is 2.67. The number of ether oxygens (including phenoxy) is 1. The number of hydrogen-bond acceptors (Lipinski definition) is 4. The second-order valence-corrected chi connectivity index (χ2v) is 10.7. The van der Waals surface area contributed by atoms with E-state index in [9.17, 15) is 10.1 Å². The van der Waals surface area contributed by atoms with Gasteiger partial charge < -0.3 is 10.1 Å². The van der Waals surface area contributed by atoms with Crippen LogP contribution in [0.25, 0.3) is 11.1 Å². The van der Waals surface area contributed by atoms with Gasteiger partial charge in [-0.1, -0.05) is 57.5 Å². The maximum Gasteiger partial charge on any atom is 0.407 e. The van der Waals surface area contributed by atoms with Crippen molar-refractivity contribution >= 4 is 6.09 Å². The normalized spacial score (nSPS) is 11.5. The molecule has 0 aliphatic carbocycles. The predicted octanol–water partition coefficient (Wildman–Crippen LogP) is 6.54. The van der Waals surface area contributed by atoms with Crippen molar-refractivity contribution in [2.75, 3.05) is 0 Å². The van der Waals surface area contributed by atoms with Crippen LogP contribution in [0.4, 0.5) is 4.79 Å². The molecule has 2 aromatic rings. The Morgan fingerprint density at radius 1 is 1.03 bits per heavy atom. The standard InChI is InChI=1S/C28H39N3O2/c1-18(2)15-24-22(13-14-29)26(21-11-9-20(5)10-12-21)23(25(30-24)16-19(3)4)17-33-27(32)31-28(6,7)8/h9-12,18-19H,13,15-17H2,1-8H3,(H,31,32). The van der Waals surface area contributed by atoms with E-state index in [1.807, 2.05) is 20.8 Å². The molecule has 2 rings (SSSR count). The molecule has 0 atom stereocenters. The molecule has 0 spiro atoms. The number of hydrogen-bond donors (Lipinski definition) is 1. The summed E-state index contributed by atoms with van der Waals surface area (Å²) in [5.74, 6) is 0.798. The van der Waals surface area contributed by atoms with E-state index in [1.165, 1.54) is 5.56 Å². The SMILES string of the molecule is Cc1ccc(-c2c(CC#N)c(CC(C)C)nc(CC(C)C)c2COC(=O)NC(C)(C)C)cc1. The molecule has 1 heterocycles. The van der Waals surface area contributed by atoms with Crippen LogP contribution >= 0.6 is 0 Å². The number of nitriles is 1. The molecule has 0 aliphatic rings. The highest BCUT2D eigenvalue weighted by molar-refractivity contribution is 5.74. The van der Waals surface area contributed by atoms with Gasteiger partial charge in [-0.05, 0) is 69.1 Å². The molecule has 178 valence electrons. The summed E-state index contributed by atoms with van der Waals surface area (Å²) < 4.78 is 5.69. The third-order valence-electron chi connectivity index (χ3n) is 5.19. The van der Waals surface area contributed by atoms with Gasteiger partial charge in [-0.15, -0.1) is 0 Å². The summed E-state index contributed by atoms with van der Waals surface area (Å²) >= 11 is 0. The highest BCUT2D eigenvalue weighted by Gasteiger charge is 2.23. The van der Waals surface area contributed by atoms with Crippen molar-refractivity contribution in [3.63, 3.8) is 0 Å². The number of pyridine rings is 1. The van der Waals surface area contributed by atoms with Crippen LogP contribution in [0.3, 0.4) is 0 Å². The molecule has 0 radical (unpaired) electrons. The van der Waals surface area contributed by atoms with E-state index in [1.54, 1.807) is 0 Å². The highest BCUT2D eigenvalue weighted by atomic mass is 16.5.